The van der Waals surface area contributed by atoms with Crippen LogP contribution >= 0.6 is 23.1 Å². The zero-order valence-electron chi connectivity index (χ0n) is 9.64. The van der Waals surface area contributed by atoms with Gasteiger partial charge in [-0.3, -0.25) is 4.79 Å². The summed E-state index contributed by atoms with van der Waals surface area (Å²) in [5, 5.41) is 1.93. The monoisotopic (exact) mass is 292 g/mol. The van der Waals surface area contributed by atoms with Gasteiger partial charge >= 0.3 is 0 Å². The molecular formula is C13H9FN2OS2. The minimum Gasteiger partial charge on any atom is -0.364 e. The van der Waals surface area contributed by atoms with Gasteiger partial charge in [0.15, 0.2) is 0 Å². The van der Waals surface area contributed by atoms with Crippen LogP contribution in [0.3, 0.4) is 0 Å². The molecule has 2 heterocycles. The van der Waals surface area contributed by atoms with Gasteiger partial charge in [-0.1, -0.05) is 17.8 Å². The van der Waals surface area contributed by atoms with Crippen LogP contribution in [0.2, 0.25) is 0 Å². The number of benzene rings is 1. The average molecular weight is 292 g/mol. The number of nitrogens with two attached hydrogens (primary N) is 1. The number of fused-ring (bicyclic) bond motifs is 1. The third kappa shape index (κ3) is 2.24. The molecule has 3 aromatic rings. The Bertz CT molecular complexity index is 763. The van der Waals surface area contributed by atoms with E-state index >= 15 is 0 Å². The zero-order valence-corrected chi connectivity index (χ0v) is 11.3. The molecule has 3 nitrogen and oxygen atoms in total. The van der Waals surface area contributed by atoms with E-state index in [2.05, 4.69) is 4.98 Å². The van der Waals surface area contributed by atoms with E-state index in [0.29, 0.717) is 5.69 Å². The highest BCUT2D eigenvalue weighted by atomic mass is 32.2. The fraction of sp³-hybridized carbons (Fsp3) is 0. The topological polar surface area (TPSA) is 58.9 Å². The van der Waals surface area contributed by atoms with Crippen molar-refractivity contribution in [3.8, 4) is 0 Å². The van der Waals surface area contributed by atoms with Crippen LogP contribution in [-0.2, 0) is 0 Å². The fourth-order valence-corrected chi connectivity index (χ4v) is 3.88. The SMILES string of the molecule is NC(=O)c1[nH]c2ccsc2c1Sc1cccc(F)c1. The molecule has 2 aromatic heterocycles. The number of thiophene rings is 1. The van der Waals surface area contributed by atoms with E-state index in [9.17, 15) is 9.18 Å². The molecule has 0 spiro atoms. The molecule has 19 heavy (non-hydrogen) atoms. The van der Waals surface area contributed by atoms with Crippen molar-refractivity contribution in [3.05, 3.63) is 47.2 Å². The molecule has 6 heteroatoms. The molecule has 0 aliphatic carbocycles. The van der Waals surface area contributed by atoms with Gasteiger partial charge in [0.1, 0.15) is 11.5 Å². The van der Waals surface area contributed by atoms with Gasteiger partial charge in [0.25, 0.3) is 5.91 Å². The Kier molecular flexibility index (Phi) is 3.04. The Morgan fingerprint density at radius 3 is 2.95 bits per heavy atom. The van der Waals surface area contributed by atoms with Crippen molar-refractivity contribution in [3.63, 3.8) is 0 Å². The highest BCUT2D eigenvalue weighted by Crippen LogP contribution is 2.39. The smallest absolute Gasteiger partial charge is 0.266 e. The molecule has 0 fully saturated rings. The largest absolute Gasteiger partial charge is 0.364 e. The molecule has 1 amide bonds. The molecule has 96 valence electrons. The molecule has 0 saturated heterocycles. The number of carbonyl (C=O) groups excluding carboxylic acids is 1. The number of hydrogen-bond acceptors (Lipinski definition) is 3. The van der Waals surface area contributed by atoms with E-state index in [-0.39, 0.29) is 5.82 Å². The van der Waals surface area contributed by atoms with Gasteiger partial charge in [-0.05, 0) is 29.6 Å². The van der Waals surface area contributed by atoms with E-state index in [1.54, 1.807) is 12.1 Å². The first-order valence-corrected chi connectivity index (χ1v) is 7.17. The quantitative estimate of drug-likeness (QED) is 0.774. The number of H-pyrrole nitrogens is 1. The molecule has 0 atom stereocenters. The average Bonchev–Trinajstić information content (AvgIpc) is 2.92. The summed E-state index contributed by atoms with van der Waals surface area (Å²) < 4.78 is 14.2. The first-order valence-electron chi connectivity index (χ1n) is 5.47. The number of amides is 1. The number of halogens is 1. The Balaban J connectivity index is 2.10. The summed E-state index contributed by atoms with van der Waals surface area (Å²) >= 11 is 2.86. The number of aromatic amines is 1. The minimum atomic E-state index is -0.512. The van der Waals surface area contributed by atoms with E-state index in [4.69, 9.17) is 5.73 Å². The second-order valence-electron chi connectivity index (χ2n) is 3.92. The van der Waals surface area contributed by atoms with Gasteiger partial charge in [0.05, 0.1) is 15.1 Å². The first-order chi connectivity index (χ1) is 9.15. The molecule has 0 saturated carbocycles. The summed E-state index contributed by atoms with van der Waals surface area (Å²) in [7, 11) is 0. The van der Waals surface area contributed by atoms with Crippen LogP contribution in [0, 0.1) is 5.82 Å². The molecule has 0 unspecified atom stereocenters. The fourth-order valence-electron chi connectivity index (χ4n) is 1.81. The Morgan fingerprint density at radius 1 is 1.37 bits per heavy atom. The second-order valence-corrected chi connectivity index (χ2v) is 5.92. The molecule has 0 radical (unpaired) electrons. The van der Waals surface area contributed by atoms with Crippen molar-refractivity contribution in [1.82, 2.24) is 4.98 Å². The highest BCUT2D eigenvalue weighted by Gasteiger charge is 2.17. The Hall–Kier alpha value is -1.79. The van der Waals surface area contributed by atoms with Gasteiger partial charge < -0.3 is 10.7 Å². The van der Waals surface area contributed by atoms with Gasteiger partial charge in [0.2, 0.25) is 0 Å². The summed E-state index contributed by atoms with van der Waals surface area (Å²) in [4.78, 5) is 15.9. The van der Waals surface area contributed by atoms with Crippen LogP contribution < -0.4 is 5.73 Å². The van der Waals surface area contributed by atoms with Crippen LogP contribution in [0.25, 0.3) is 10.2 Å². The maximum Gasteiger partial charge on any atom is 0.266 e. The van der Waals surface area contributed by atoms with Crippen molar-refractivity contribution in [2.24, 2.45) is 5.73 Å². The Morgan fingerprint density at radius 2 is 2.21 bits per heavy atom. The normalized spacial score (nSPS) is 11.0. The van der Waals surface area contributed by atoms with E-state index in [0.717, 1.165) is 20.0 Å². The lowest BCUT2D eigenvalue weighted by molar-refractivity contribution is 0.0993. The maximum atomic E-state index is 13.2. The van der Waals surface area contributed by atoms with Crippen molar-refractivity contribution in [2.45, 2.75) is 9.79 Å². The third-order valence-electron chi connectivity index (χ3n) is 2.62. The summed E-state index contributed by atoms with van der Waals surface area (Å²) in [5.74, 6) is -0.814. The van der Waals surface area contributed by atoms with Gasteiger partial charge in [-0.15, -0.1) is 11.3 Å². The molecule has 0 bridgehead atoms. The van der Waals surface area contributed by atoms with Crippen LogP contribution in [0.15, 0.2) is 45.5 Å². The van der Waals surface area contributed by atoms with Crippen LogP contribution in [0.1, 0.15) is 10.5 Å². The molecule has 0 aliphatic rings. The van der Waals surface area contributed by atoms with E-state index < -0.39 is 5.91 Å². The van der Waals surface area contributed by atoms with Crippen molar-refractivity contribution < 1.29 is 9.18 Å². The van der Waals surface area contributed by atoms with Crippen LogP contribution in [-0.4, -0.2) is 10.9 Å². The standard InChI is InChI=1S/C13H9FN2OS2/c14-7-2-1-3-8(6-7)19-12-10(13(15)17)16-9-4-5-18-11(9)12/h1-6,16H,(H2,15,17). The molecular weight excluding hydrogens is 283 g/mol. The second kappa shape index (κ2) is 4.71. The number of primary amides is 1. The molecule has 0 aliphatic heterocycles. The highest BCUT2D eigenvalue weighted by molar-refractivity contribution is 7.99. The van der Waals surface area contributed by atoms with Crippen LogP contribution in [0.5, 0.6) is 0 Å². The number of nitrogens with one attached hydrogen (secondary N) is 1. The van der Waals surface area contributed by atoms with E-state index in [1.165, 1.54) is 35.2 Å². The number of carbonyl (C=O) groups is 1. The predicted molar refractivity (Wildman–Crippen MR) is 75.2 cm³/mol. The number of rotatable bonds is 3. The molecule has 1 aromatic carbocycles. The van der Waals surface area contributed by atoms with Crippen LogP contribution in [0.4, 0.5) is 4.39 Å². The van der Waals surface area contributed by atoms with E-state index in [1.807, 2.05) is 11.4 Å². The van der Waals surface area contributed by atoms with Crippen molar-refractivity contribution in [1.29, 1.82) is 0 Å². The maximum absolute atomic E-state index is 13.2. The molecule has 3 rings (SSSR count). The number of hydrogen-bond donors (Lipinski definition) is 2. The van der Waals surface area contributed by atoms with Gasteiger partial charge in [-0.25, -0.2) is 4.39 Å². The zero-order chi connectivity index (χ0) is 13.4. The third-order valence-corrected chi connectivity index (χ3v) is 4.78. The summed E-state index contributed by atoms with van der Waals surface area (Å²) in [5.41, 5.74) is 6.61. The minimum absolute atomic E-state index is 0.302. The molecule has 3 N–H and O–H groups in total. The number of aromatic nitrogens is 1. The van der Waals surface area contributed by atoms with Gasteiger partial charge in [0, 0.05) is 4.90 Å². The predicted octanol–water partition coefficient (Wildman–Crippen LogP) is 3.62. The summed E-state index contributed by atoms with van der Waals surface area (Å²) in [6.45, 7) is 0. The van der Waals surface area contributed by atoms with Gasteiger partial charge in [-0.2, -0.15) is 0 Å². The van der Waals surface area contributed by atoms with Crippen molar-refractivity contribution in [2.75, 3.05) is 0 Å². The lowest BCUT2D eigenvalue weighted by atomic mass is 10.3. The summed E-state index contributed by atoms with van der Waals surface area (Å²) in [6.07, 6.45) is 0. The van der Waals surface area contributed by atoms with Crippen molar-refractivity contribution >= 4 is 39.2 Å². The first kappa shape index (κ1) is 12.3. The summed E-state index contributed by atoms with van der Waals surface area (Å²) in [6, 6.07) is 8.14. The lowest BCUT2D eigenvalue weighted by Crippen LogP contribution is -2.12. The Labute approximate surface area is 116 Å². The lowest BCUT2D eigenvalue weighted by Gasteiger charge is -2.02.